The van der Waals surface area contributed by atoms with E-state index in [1.165, 1.54) is 11.9 Å². The fourth-order valence-electron chi connectivity index (χ4n) is 2.52. The van der Waals surface area contributed by atoms with Crippen LogP contribution in [0.3, 0.4) is 0 Å². The number of benzene rings is 2. The number of nitrogens with zero attached hydrogens (tertiary/aromatic N) is 1. The molecule has 1 atom stereocenters. The lowest BCUT2D eigenvalue weighted by Crippen LogP contribution is -2.48. The summed E-state index contributed by atoms with van der Waals surface area (Å²) in [4.78, 5) is 26.3. The minimum Gasteiger partial charge on any atom is -0.497 e. The highest BCUT2D eigenvalue weighted by Gasteiger charge is 2.26. The quantitative estimate of drug-likeness (QED) is 0.703. The average Bonchev–Trinajstić information content (AvgIpc) is 2.70. The fraction of sp³-hybridized carbons (Fsp3) is 0.300. The molecule has 0 aliphatic carbocycles. The second-order valence-corrected chi connectivity index (χ2v) is 6.86. The highest BCUT2D eigenvalue weighted by Crippen LogP contribution is 2.23. The molecule has 0 heterocycles. The molecular weight excluding hydrogens is 403 g/mol. The van der Waals surface area contributed by atoms with Gasteiger partial charge in [-0.05, 0) is 48.9 Å². The van der Waals surface area contributed by atoms with E-state index < -0.39 is 6.04 Å². The molecule has 1 unspecified atom stereocenters. The van der Waals surface area contributed by atoms with Crippen LogP contribution in [-0.4, -0.2) is 43.5 Å². The summed E-state index contributed by atoms with van der Waals surface area (Å²) >= 11 is 12.2. The number of rotatable bonds is 8. The van der Waals surface area contributed by atoms with Crippen LogP contribution < -0.4 is 14.8 Å². The van der Waals surface area contributed by atoms with E-state index in [-0.39, 0.29) is 25.0 Å². The van der Waals surface area contributed by atoms with E-state index in [1.54, 1.807) is 56.5 Å². The van der Waals surface area contributed by atoms with Crippen LogP contribution in [-0.2, 0) is 16.1 Å². The van der Waals surface area contributed by atoms with E-state index in [1.807, 2.05) is 0 Å². The van der Waals surface area contributed by atoms with Crippen LogP contribution in [0.25, 0.3) is 0 Å². The third-order valence-electron chi connectivity index (χ3n) is 4.19. The number of hydrogen-bond donors (Lipinski definition) is 1. The molecule has 2 aromatic rings. The van der Waals surface area contributed by atoms with Crippen molar-refractivity contribution in [3.8, 4) is 11.5 Å². The molecule has 0 fully saturated rings. The smallest absolute Gasteiger partial charge is 0.261 e. The fourth-order valence-corrected chi connectivity index (χ4v) is 2.99. The molecule has 1 N–H and O–H groups in total. The number of carbonyl (C=O) groups excluding carboxylic acids is 2. The molecule has 0 saturated carbocycles. The Balaban J connectivity index is 2.14. The van der Waals surface area contributed by atoms with Crippen molar-refractivity contribution in [3.05, 3.63) is 58.1 Å². The largest absolute Gasteiger partial charge is 0.497 e. The van der Waals surface area contributed by atoms with Gasteiger partial charge in [-0.2, -0.15) is 0 Å². The van der Waals surface area contributed by atoms with Crippen molar-refractivity contribution in [1.82, 2.24) is 10.2 Å². The molecule has 28 heavy (non-hydrogen) atoms. The number of amides is 2. The summed E-state index contributed by atoms with van der Waals surface area (Å²) in [6.07, 6.45) is 0. The number of methoxy groups -OCH3 is 1. The molecule has 2 amide bonds. The van der Waals surface area contributed by atoms with Crippen LogP contribution in [0, 0.1) is 0 Å². The minimum absolute atomic E-state index is 0.148. The van der Waals surface area contributed by atoms with Gasteiger partial charge in [-0.1, -0.05) is 29.3 Å². The van der Waals surface area contributed by atoms with Crippen LogP contribution in [0.1, 0.15) is 12.5 Å². The molecule has 0 saturated heterocycles. The summed E-state index contributed by atoms with van der Waals surface area (Å²) < 4.78 is 10.7. The summed E-state index contributed by atoms with van der Waals surface area (Å²) in [5, 5.41) is 3.47. The molecule has 2 aromatic carbocycles. The monoisotopic (exact) mass is 424 g/mol. The van der Waals surface area contributed by atoms with Gasteiger partial charge in [-0.3, -0.25) is 9.59 Å². The van der Waals surface area contributed by atoms with Crippen LogP contribution in [0.2, 0.25) is 10.0 Å². The maximum Gasteiger partial charge on any atom is 0.261 e. The Labute approximate surface area is 174 Å². The zero-order chi connectivity index (χ0) is 20.7. The van der Waals surface area contributed by atoms with Gasteiger partial charge in [-0.25, -0.2) is 0 Å². The van der Waals surface area contributed by atoms with E-state index in [9.17, 15) is 9.59 Å². The van der Waals surface area contributed by atoms with Gasteiger partial charge in [0.05, 0.1) is 7.11 Å². The van der Waals surface area contributed by atoms with E-state index >= 15 is 0 Å². The molecular formula is C20H22Cl2N2O4. The zero-order valence-corrected chi connectivity index (χ0v) is 17.4. The second-order valence-electron chi connectivity index (χ2n) is 6.01. The van der Waals surface area contributed by atoms with Gasteiger partial charge in [0.15, 0.2) is 6.61 Å². The summed E-state index contributed by atoms with van der Waals surface area (Å²) in [6.45, 7) is 1.57. The summed E-state index contributed by atoms with van der Waals surface area (Å²) in [7, 11) is 3.09. The molecule has 0 aliphatic rings. The standard InChI is InChI=1S/C20H22Cl2N2O4/c1-13(20(26)23-2)24(11-14-4-5-15(21)10-18(14)22)19(25)12-28-17-8-6-16(27-3)7-9-17/h4-10,13H,11-12H2,1-3H3,(H,23,26). The lowest BCUT2D eigenvalue weighted by Gasteiger charge is -2.28. The maximum absolute atomic E-state index is 12.8. The minimum atomic E-state index is -0.705. The number of halogens is 2. The van der Waals surface area contributed by atoms with Crippen LogP contribution >= 0.6 is 23.2 Å². The Hall–Kier alpha value is -2.44. The van der Waals surface area contributed by atoms with Crippen molar-refractivity contribution in [1.29, 1.82) is 0 Å². The Morgan fingerprint density at radius 3 is 2.32 bits per heavy atom. The van der Waals surface area contributed by atoms with Crippen molar-refractivity contribution in [2.45, 2.75) is 19.5 Å². The molecule has 8 heteroatoms. The van der Waals surface area contributed by atoms with Crippen LogP contribution in [0.5, 0.6) is 11.5 Å². The Kier molecular flexibility index (Phi) is 7.96. The van der Waals surface area contributed by atoms with E-state index in [0.717, 1.165) is 0 Å². The van der Waals surface area contributed by atoms with Crippen molar-refractivity contribution in [2.24, 2.45) is 0 Å². The topological polar surface area (TPSA) is 67.9 Å². The summed E-state index contributed by atoms with van der Waals surface area (Å²) in [5.41, 5.74) is 0.680. The van der Waals surface area contributed by atoms with E-state index in [4.69, 9.17) is 32.7 Å². The van der Waals surface area contributed by atoms with Gasteiger partial charge < -0.3 is 19.7 Å². The lowest BCUT2D eigenvalue weighted by atomic mass is 10.1. The molecule has 150 valence electrons. The Bertz CT molecular complexity index is 827. The molecule has 0 spiro atoms. The Morgan fingerprint density at radius 2 is 1.75 bits per heavy atom. The first-order valence-electron chi connectivity index (χ1n) is 8.57. The predicted octanol–water partition coefficient (Wildman–Crippen LogP) is 3.54. The normalized spacial score (nSPS) is 11.5. The molecule has 2 rings (SSSR count). The first-order chi connectivity index (χ1) is 13.3. The van der Waals surface area contributed by atoms with Crippen molar-refractivity contribution in [2.75, 3.05) is 20.8 Å². The number of carbonyl (C=O) groups is 2. The van der Waals surface area contributed by atoms with Crippen LogP contribution in [0.4, 0.5) is 0 Å². The number of nitrogens with one attached hydrogen (secondary N) is 1. The second kappa shape index (κ2) is 10.2. The molecule has 6 nitrogen and oxygen atoms in total. The number of likely N-dealkylation sites (N-methyl/N-ethyl adjacent to an activating group) is 1. The molecule has 0 aromatic heterocycles. The number of hydrogen-bond acceptors (Lipinski definition) is 4. The highest BCUT2D eigenvalue weighted by molar-refractivity contribution is 6.35. The Morgan fingerprint density at radius 1 is 1.11 bits per heavy atom. The molecule has 0 aliphatic heterocycles. The average molecular weight is 425 g/mol. The third-order valence-corrected chi connectivity index (χ3v) is 4.78. The van der Waals surface area contributed by atoms with Crippen LogP contribution in [0.15, 0.2) is 42.5 Å². The summed E-state index contributed by atoms with van der Waals surface area (Å²) in [5.74, 6) is 0.568. The van der Waals surface area contributed by atoms with Gasteiger partial charge in [0.2, 0.25) is 5.91 Å². The van der Waals surface area contributed by atoms with Gasteiger partial charge in [0.25, 0.3) is 5.91 Å². The SMILES string of the molecule is CNC(=O)C(C)N(Cc1ccc(Cl)cc1Cl)C(=O)COc1ccc(OC)cc1. The van der Waals surface area contributed by atoms with E-state index in [2.05, 4.69) is 5.32 Å². The van der Waals surface area contributed by atoms with E-state index in [0.29, 0.717) is 27.1 Å². The van der Waals surface area contributed by atoms with Crippen molar-refractivity contribution >= 4 is 35.0 Å². The first-order valence-corrected chi connectivity index (χ1v) is 9.33. The van der Waals surface area contributed by atoms with Gasteiger partial charge >= 0.3 is 0 Å². The predicted molar refractivity (Wildman–Crippen MR) is 109 cm³/mol. The third kappa shape index (κ3) is 5.78. The molecule has 0 radical (unpaired) electrons. The van der Waals surface area contributed by atoms with Gasteiger partial charge in [0.1, 0.15) is 17.5 Å². The van der Waals surface area contributed by atoms with Gasteiger partial charge in [0, 0.05) is 23.6 Å². The lowest BCUT2D eigenvalue weighted by molar-refractivity contribution is -0.142. The first kappa shape index (κ1) is 21.9. The molecule has 0 bridgehead atoms. The van der Waals surface area contributed by atoms with Gasteiger partial charge in [-0.15, -0.1) is 0 Å². The zero-order valence-electron chi connectivity index (χ0n) is 15.9. The number of ether oxygens (including phenoxy) is 2. The van der Waals surface area contributed by atoms with Crippen molar-refractivity contribution < 1.29 is 19.1 Å². The van der Waals surface area contributed by atoms with Crippen molar-refractivity contribution in [3.63, 3.8) is 0 Å². The highest BCUT2D eigenvalue weighted by atomic mass is 35.5. The summed E-state index contributed by atoms with van der Waals surface area (Å²) in [6, 6.07) is 11.2. The maximum atomic E-state index is 12.8.